The Bertz CT molecular complexity index is 2080. The molecule has 57 heavy (non-hydrogen) atoms. The van der Waals surface area contributed by atoms with Crippen molar-refractivity contribution in [1.82, 2.24) is 14.9 Å². The minimum atomic E-state index is -3.13. The van der Waals surface area contributed by atoms with Gasteiger partial charge in [-0.1, -0.05) is 129 Å². The van der Waals surface area contributed by atoms with E-state index in [9.17, 15) is 9.59 Å². The predicted octanol–water partition coefficient (Wildman–Crippen LogP) is 7.79. The van der Waals surface area contributed by atoms with E-state index in [2.05, 4.69) is 60.7 Å². The lowest BCUT2D eigenvalue weighted by molar-refractivity contribution is -0.121. The van der Waals surface area contributed by atoms with Gasteiger partial charge in [0.1, 0.15) is 18.2 Å². The van der Waals surface area contributed by atoms with Gasteiger partial charge in [-0.25, -0.2) is 14.8 Å². The third kappa shape index (κ3) is 9.39. The SMILES string of the molecule is CC(C)(C)[Si](O[C@@H]1CN(C(=O)OCc2ccccc2)C[C@@H]1C(=O)Nc1cc(-c2cccc(NCC3CCOCC3)n2)c(Cl)cn1)(c1ccccc1)c1ccccc1. The van der Waals surface area contributed by atoms with Crippen LogP contribution < -0.4 is 21.0 Å². The molecule has 0 saturated carbocycles. The van der Waals surface area contributed by atoms with Crippen LogP contribution in [0.4, 0.5) is 16.4 Å². The molecule has 7 rings (SSSR count). The average molecular weight is 804 g/mol. The van der Waals surface area contributed by atoms with E-state index in [1.54, 1.807) is 11.0 Å². The molecule has 2 saturated heterocycles. The molecular formula is C45H50ClN5O5Si. The fourth-order valence-corrected chi connectivity index (χ4v) is 12.7. The van der Waals surface area contributed by atoms with Crippen molar-refractivity contribution in [3.63, 3.8) is 0 Å². The molecular weight excluding hydrogens is 754 g/mol. The van der Waals surface area contributed by atoms with E-state index in [4.69, 9.17) is 30.5 Å². The van der Waals surface area contributed by atoms with Crippen molar-refractivity contribution in [3.8, 4) is 11.3 Å². The number of nitrogens with one attached hydrogen (secondary N) is 2. The summed E-state index contributed by atoms with van der Waals surface area (Å²) in [6.45, 7) is 9.34. The number of likely N-dealkylation sites (tertiary alicyclic amines) is 1. The lowest BCUT2D eigenvalue weighted by atomic mass is 10.0. The van der Waals surface area contributed by atoms with Gasteiger partial charge in [-0.05, 0) is 57.9 Å². The van der Waals surface area contributed by atoms with Gasteiger partial charge < -0.3 is 29.4 Å². The van der Waals surface area contributed by atoms with Crippen LogP contribution in [0.1, 0.15) is 39.2 Å². The first-order valence-corrected chi connectivity index (χ1v) is 21.9. The number of anilines is 2. The number of hydrogen-bond donors (Lipinski definition) is 2. The van der Waals surface area contributed by atoms with E-state index >= 15 is 0 Å². The summed E-state index contributed by atoms with van der Waals surface area (Å²) in [5, 5.41) is 8.72. The maximum atomic E-state index is 14.5. The Balaban J connectivity index is 1.17. The molecule has 2 aliphatic heterocycles. The summed E-state index contributed by atoms with van der Waals surface area (Å²) in [5.41, 5.74) is 2.16. The first-order valence-electron chi connectivity index (χ1n) is 19.6. The Morgan fingerprint density at radius 2 is 1.51 bits per heavy atom. The van der Waals surface area contributed by atoms with Crippen molar-refractivity contribution >= 4 is 53.9 Å². The Morgan fingerprint density at radius 3 is 2.16 bits per heavy atom. The second-order valence-corrected chi connectivity index (χ2v) is 20.4. The molecule has 4 heterocycles. The summed E-state index contributed by atoms with van der Waals surface area (Å²) < 4.78 is 18.8. The highest BCUT2D eigenvalue weighted by molar-refractivity contribution is 6.99. The van der Waals surface area contributed by atoms with Crippen LogP contribution in [0.15, 0.2) is 121 Å². The topological polar surface area (TPSA) is 115 Å². The third-order valence-electron chi connectivity index (χ3n) is 10.9. The molecule has 0 aliphatic carbocycles. The highest BCUT2D eigenvalue weighted by Crippen LogP contribution is 2.40. The average Bonchev–Trinajstić information content (AvgIpc) is 3.67. The number of carbonyl (C=O) groups is 2. The summed E-state index contributed by atoms with van der Waals surface area (Å²) >= 11 is 6.71. The molecule has 0 bridgehead atoms. The summed E-state index contributed by atoms with van der Waals surface area (Å²) in [6.07, 6.45) is 2.39. The number of pyridine rings is 2. The summed E-state index contributed by atoms with van der Waals surface area (Å²) in [4.78, 5) is 39.1. The van der Waals surface area contributed by atoms with Gasteiger partial charge in [0.2, 0.25) is 5.91 Å². The number of amides is 2. The standard InChI is InChI=1S/C45H50ClN5O5Si/c1-45(2,3)57(34-16-9-5-10-17-34,35-18-11-6-12-19-35)56-40-30-51(44(53)55-31-33-14-7-4-8-15-33)29-37(40)43(52)50-42-26-36(38(46)28-48-42)39-20-13-21-41(49-39)47-27-32-22-24-54-25-23-32/h4-21,26,28,32,37,40H,22-25,27,29-31H2,1-3H3,(H,47,49)(H,48,50,52)/t37-,40+/m0/s1. The molecule has 296 valence electrons. The second kappa shape index (κ2) is 18.0. The van der Waals surface area contributed by atoms with Crippen LogP contribution in [0.25, 0.3) is 11.3 Å². The van der Waals surface area contributed by atoms with Crippen LogP contribution >= 0.6 is 11.6 Å². The number of aromatic nitrogens is 2. The molecule has 2 amide bonds. The Morgan fingerprint density at radius 1 is 0.860 bits per heavy atom. The zero-order valence-corrected chi connectivity index (χ0v) is 34.5. The van der Waals surface area contributed by atoms with Crippen LogP contribution in [0.5, 0.6) is 0 Å². The molecule has 2 N–H and O–H groups in total. The van der Waals surface area contributed by atoms with Gasteiger partial charge in [0.15, 0.2) is 0 Å². The van der Waals surface area contributed by atoms with Crippen molar-refractivity contribution in [2.45, 2.75) is 51.4 Å². The Labute approximate surface area is 341 Å². The maximum Gasteiger partial charge on any atom is 0.410 e. The Kier molecular flexibility index (Phi) is 12.7. The molecule has 0 spiro atoms. The summed E-state index contributed by atoms with van der Waals surface area (Å²) in [7, 11) is -3.13. The van der Waals surface area contributed by atoms with E-state index in [0.29, 0.717) is 28.0 Å². The van der Waals surface area contributed by atoms with Gasteiger partial charge in [-0.2, -0.15) is 0 Å². The zero-order valence-electron chi connectivity index (χ0n) is 32.7. The molecule has 5 aromatic rings. The van der Waals surface area contributed by atoms with Crippen molar-refractivity contribution in [2.24, 2.45) is 11.8 Å². The monoisotopic (exact) mass is 803 g/mol. The van der Waals surface area contributed by atoms with Crippen LogP contribution in [0.3, 0.4) is 0 Å². The van der Waals surface area contributed by atoms with Gasteiger partial charge in [-0.15, -0.1) is 0 Å². The first-order chi connectivity index (χ1) is 27.6. The number of ether oxygens (including phenoxy) is 2. The molecule has 3 aromatic carbocycles. The third-order valence-corrected chi connectivity index (χ3v) is 16.2. The van der Waals surface area contributed by atoms with Crippen molar-refractivity contribution in [1.29, 1.82) is 0 Å². The van der Waals surface area contributed by atoms with Crippen molar-refractivity contribution < 1.29 is 23.5 Å². The molecule has 2 aromatic heterocycles. The molecule has 0 radical (unpaired) electrons. The number of benzene rings is 3. The van der Waals surface area contributed by atoms with Crippen LogP contribution in [0, 0.1) is 11.8 Å². The van der Waals surface area contributed by atoms with Gasteiger partial charge >= 0.3 is 6.09 Å². The zero-order chi connectivity index (χ0) is 39.8. The van der Waals surface area contributed by atoms with Gasteiger partial charge in [-0.3, -0.25) is 4.79 Å². The van der Waals surface area contributed by atoms with E-state index in [0.717, 1.165) is 54.4 Å². The number of rotatable bonds is 12. The molecule has 2 fully saturated rings. The number of carbonyl (C=O) groups excluding carboxylic acids is 2. The quantitative estimate of drug-likeness (QED) is 0.123. The predicted molar refractivity (Wildman–Crippen MR) is 227 cm³/mol. The number of nitrogens with zero attached hydrogens (tertiary/aromatic N) is 3. The lowest BCUT2D eigenvalue weighted by Crippen LogP contribution is -2.68. The smallest absolute Gasteiger partial charge is 0.410 e. The van der Waals surface area contributed by atoms with Crippen LogP contribution in [0.2, 0.25) is 10.1 Å². The van der Waals surface area contributed by atoms with Crippen molar-refractivity contribution in [3.05, 3.63) is 132 Å². The molecule has 12 heteroatoms. The van der Waals surface area contributed by atoms with Crippen LogP contribution in [-0.4, -0.2) is 74.1 Å². The fourth-order valence-electron chi connectivity index (χ4n) is 7.83. The minimum absolute atomic E-state index is 0.102. The van der Waals surface area contributed by atoms with Crippen molar-refractivity contribution in [2.75, 3.05) is 43.5 Å². The summed E-state index contributed by atoms with van der Waals surface area (Å²) in [6, 6.07) is 37.6. The maximum absolute atomic E-state index is 14.5. The first kappa shape index (κ1) is 40.1. The molecule has 2 aliphatic rings. The van der Waals surface area contributed by atoms with Crippen LogP contribution in [-0.2, 0) is 25.3 Å². The fraction of sp³-hybridized carbons (Fsp3) is 0.333. The highest BCUT2D eigenvalue weighted by atomic mass is 35.5. The van der Waals surface area contributed by atoms with Gasteiger partial charge in [0.05, 0.1) is 22.7 Å². The number of hydrogen-bond acceptors (Lipinski definition) is 8. The molecule has 2 atom stereocenters. The largest absolute Gasteiger partial charge is 0.445 e. The molecule has 0 unspecified atom stereocenters. The second-order valence-electron chi connectivity index (χ2n) is 15.8. The number of halogens is 1. The van der Waals surface area contributed by atoms with Gasteiger partial charge in [0, 0.05) is 44.6 Å². The minimum Gasteiger partial charge on any atom is -0.445 e. The Hall–Kier alpha value is -5.07. The summed E-state index contributed by atoms with van der Waals surface area (Å²) in [5.74, 6) is 0.517. The van der Waals surface area contributed by atoms with E-state index in [1.165, 1.54) is 6.20 Å². The van der Waals surface area contributed by atoms with E-state index in [1.807, 2.05) is 84.9 Å². The highest BCUT2D eigenvalue weighted by Gasteiger charge is 2.54. The lowest BCUT2D eigenvalue weighted by Gasteiger charge is -2.45. The molecule has 10 nitrogen and oxygen atoms in total. The van der Waals surface area contributed by atoms with Gasteiger partial charge in [0.25, 0.3) is 8.32 Å². The van der Waals surface area contributed by atoms with E-state index in [-0.39, 0.29) is 30.6 Å². The normalized spacial score (nSPS) is 17.6. The van der Waals surface area contributed by atoms with E-state index < -0.39 is 26.4 Å².